The standard InChI is InChI=1S/C18H26N2O/c1-12-4-5-15(10-13(12)2)14(3)20-17(21)16-11-18(16)6-8-19-9-7-18/h4-5,10,14,16,19H,6-9,11H2,1-3H3,(H,20,21). The molecule has 2 fully saturated rings. The number of carbonyl (C=O) groups is 1. The van der Waals surface area contributed by atoms with Crippen LogP contribution < -0.4 is 10.6 Å². The van der Waals surface area contributed by atoms with E-state index in [0.717, 1.165) is 32.4 Å². The summed E-state index contributed by atoms with van der Waals surface area (Å²) in [5.74, 6) is 0.497. The largest absolute Gasteiger partial charge is 0.349 e. The minimum absolute atomic E-state index is 0.0937. The maximum atomic E-state index is 12.5. The van der Waals surface area contributed by atoms with E-state index in [4.69, 9.17) is 0 Å². The molecule has 0 bridgehead atoms. The fourth-order valence-corrected chi connectivity index (χ4v) is 3.63. The number of piperidine rings is 1. The van der Waals surface area contributed by atoms with Crippen molar-refractivity contribution in [3.8, 4) is 0 Å². The maximum absolute atomic E-state index is 12.5. The van der Waals surface area contributed by atoms with Crippen molar-refractivity contribution in [3.05, 3.63) is 34.9 Å². The monoisotopic (exact) mass is 286 g/mol. The Morgan fingerprint density at radius 3 is 2.67 bits per heavy atom. The highest BCUT2D eigenvalue weighted by Gasteiger charge is 2.57. The first kappa shape index (κ1) is 14.6. The molecule has 1 heterocycles. The van der Waals surface area contributed by atoms with Gasteiger partial charge < -0.3 is 10.6 Å². The van der Waals surface area contributed by atoms with Crippen molar-refractivity contribution in [2.75, 3.05) is 13.1 Å². The van der Waals surface area contributed by atoms with Gasteiger partial charge in [0.15, 0.2) is 0 Å². The van der Waals surface area contributed by atoms with E-state index < -0.39 is 0 Å². The first-order chi connectivity index (χ1) is 10.0. The average molecular weight is 286 g/mol. The van der Waals surface area contributed by atoms with Gasteiger partial charge in [0.25, 0.3) is 0 Å². The summed E-state index contributed by atoms with van der Waals surface area (Å²) in [6.45, 7) is 8.46. The molecule has 3 rings (SSSR count). The number of amides is 1. The Labute approximate surface area is 127 Å². The van der Waals surface area contributed by atoms with Crippen LogP contribution in [0.2, 0.25) is 0 Å². The van der Waals surface area contributed by atoms with E-state index >= 15 is 0 Å². The second-order valence-electron chi connectivity index (χ2n) is 6.94. The molecule has 1 amide bonds. The van der Waals surface area contributed by atoms with E-state index in [-0.39, 0.29) is 17.9 Å². The van der Waals surface area contributed by atoms with Crippen LogP contribution in [0.3, 0.4) is 0 Å². The fraction of sp³-hybridized carbons (Fsp3) is 0.611. The number of rotatable bonds is 3. The van der Waals surface area contributed by atoms with E-state index in [1.807, 2.05) is 0 Å². The molecule has 2 atom stereocenters. The second-order valence-corrected chi connectivity index (χ2v) is 6.94. The number of hydrogen-bond donors (Lipinski definition) is 2. The number of aryl methyl sites for hydroxylation is 2. The maximum Gasteiger partial charge on any atom is 0.224 e. The van der Waals surface area contributed by atoms with Gasteiger partial charge in [0.1, 0.15) is 0 Å². The van der Waals surface area contributed by atoms with E-state index in [0.29, 0.717) is 5.41 Å². The van der Waals surface area contributed by atoms with Gasteiger partial charge in [0.05, 0.1) is 6.04 Å². The van der Waals surface area contributed by atoms with Crippen LogP contribution in [0.4, 0.5) is 0 Å². The molecule has 2 aliphatic rings. The summed E-state index contributed by atoms with van der Waals surface area (Å²) in [5.41, 5.74) is 4.10. The van der Waals surface area contributed by atoms with Crippen molar-refractivity contribution in [1.29, 1.82) is 0 Å². The highest BCUT2D eigenvalue weighted by molar-refractivity contribution is 5.83. The van der Waals surface area contributed by atoms with Crippen molar-refractivity contribution < 1.29 is 4.79 Å². The molecule has 3 heteroatoms. The van der Waals surface area contributed by atoms with Gasteiger partial charge in [-0.05, 0) is 75.2 Å². The Balaban J connectivity index is 1.61. The topological polar surface area (TPSA) is 41.1 Å². The molecule has 1 aliphatic carbocycles. The Morgan fingerprint density at radius 1 is 1.29 bits per heavy atom. The van der Waals surface area contributed by atoms with Crippen LogP contribution in [0.15, 0.2) is 18.2 Å². The summed E-state index contributed by atoms with van der Waals surface area (Å²) in [6.07, 6.45) is 3.40. The van der Waals surface area contributed by atoms with Gasteiger partial charge in [-0.15, -0.1) is 0 Å². The lowest BCUT2D eigenvalue weighted by Crippen LogP contribution is -2.34. The first-order valence-electron chi connectivity index (χ1n) is 8.10. The summed E-state index contributed by atoms with van der Waals surface area (Å²) in [6, 6.07) is 6.54. The number of benzene rings is 1. The van der Waals surface area contributed by atoms with E-state index in [1.165, 1.54) is 16.7 Å². The summed E-state index contributed by atoms with van der Waals surface area (Å²) in [7, 11) is 0. The van der Waals surface area contributed by atoms with Crippen LogP contribution in [0, 0.1) is 25.2 Å². The number of nitrogens with one attached hydrogen (secondary N) is 2. The van der Waals surface area contributed by atoms with E-state index in [1.54, 1.807) is 0 Å². The van der Waals surface area contributed by atoms with Crippen LogP contribution in [-0.2, 0) is 4.79 Å². The van der Waals surface area contributed by atoms with Gasteiger partial charge in [0.2, 0.25) is 5.91 Å². The van der Waals surface area contributed by atoms with Crippen LogP contribution in [0.1, 0.15) is 48.9 Å². The molecule has 1 aromatic carbocycles. The molecule has 0 radical (unpaired) electrons. The Hall–Kier alpha value is -1.35. The highest BCUT2D eigenvalue weighted by Crippen LogP contribution is 2.58. The Kier molecular flexibility index (Phi) is 3.78. The van der Waals surface area contributed by atoms with Crippen LogP contribution in [0.25, 0.3) is 0 Å². The molecule has 1 saturated carbocycles. The molecule has 2 N–H and O–H groups in total. The SMILES string of the molecule is Cc1ccc(C(C)NC(=O)C2CC23CCNCC3)cc1C. The molecule has 2 unspecified atom stereocenters. The molecule has 21 heavy (non-hydrogen) atoms. The quantitative estimate of drug-likeness (QED) is 0.897. The highest BCUT2D eigenvalue weighted by atomic mass is 16.2. The van der Waals surface area contributed by atoms with Crippen LogP contribution in [0.5, 0.6) is 0 Å². The van der Waals surface area contributed by atoms with Crippen molar-refractivity contribution >= 4 is 5.91 Å². The smallest absolute Gasteiger partial charge is 0.224 e. The molecule has 0 aromatic heterocycles. The Morgan fingerprint density at radius 2 is 2.00 bits per heavy atom. The lowest BCUT2D eigenvalue weighted by atomic mass is 9.91. The third-order valence-corrected chi connectivity index (χ3v) is 5.50. The van der Waals surface area contributed by atoms with Crippen molar-refractivity contribution in [2.45, 2.75) is 46.1 Å². The predicted octanol–water partition coefficient (Wildman–Crippen LogP) is 2.87. The lowest BCUT2D eigenvalue weighted by Gasteiger charge is -2.24. The van der Waals surface area contributed by atoms with Gasteiger partial charge in [0, 0.05) is 5.92 Å². The predicted molar refractivity (Wildman–Crippen MR) is 85.1 cm³/mol. The molecule has 1 aliphatic heterocycles. The molecule has 114 valence electrons. The molecule has 1 spiro atoms. The van der Waals surface area contributed by atoms with Crippen LogP contribution >= 0.6 is 0 Å². The minimum Gasteiger partial charge on any atom is -0.349 e. The van der Waals surface area contributed by atoms with Gasteiger partial charge in [-0.3, -0.25) is 4.79 Å². The summed E-state index contributed by atoms with van der Waals surface area (Å²) in [5, 5.41) is 6.60. The van der Waals surface area contributed by atoms with E-state index in [2.05, 4.69) is 49.6 Å². The molecular formula is C18H26N2O. The summed E-state index contributed by atoms with van der Waals surface area (Å²) < 4.78 is 0. The fourth-order valence-electron chi connectivity index (χ4n) is 3.63. The van der Waals surface area contributed by atoms with Crippen LogP contribution in [-0.4, -0.2) is 19.0 Å². The van der Waals surface area contributed by atoms with Crippen molar-refractivity contribution in [2.24, 2.45) is 11.3 Å². The summed E-state index contributed by atoms with van der Waals surface area (Å²) in [4.78, 5) is 12.5. The van der Waals surface area contributed by atoms with E-state index in [9.17, 15) is 4.79 Å². The number of hydrogen-bond acceptors (Lipinski definition) is 2. The normalized spacial score (nSPS) is 24.6. The first-order valence-corrected chi connectivity index (χ1v) is 8.10. The molecule has 1 saturated heterocycles. The molecular weight excluding hydrogens is 260 g/mol. The summed E-state index contributed by atoms with van der Waals surface area (Å²) >= 11 is 0. The van der Waals surface area contributed by atoms with Crippen molar-refractivity contribution in [1.82, 2.24) is 10.6 Å². The zero-order valence-electron chi connectivity index (χ0n) is 13.3. The number of carbonyl (C=O) groups excluding carboxylic acids is 1. The van der Waals surface area contributed by atoms with Gasteiger partial charge in [-0.1, -0.05) is 18.2 Å². The molecule has 1 aromatic rings. The second kappa shape index (κ2) is 5.45. The van der Waals surface area contributed by atoms with Crippen molar-refractivity contribution in [3.63, 3.8) is 0 Å². The molecule has 3 nitrogen and oxygen atoms in total. The zero-order chi connectivity index (χ0) is 15.0. The average Bonchev–Trinajstić information content (AvgIpc) is 3.16. The third kappa shape index (κ3) is 2.84. The lowest BCUT2D eigenvalue weighted by molar-refractivity contribution is -0.123. The van der Waals surface area contributed by atoms with Gasteiger partial charge >= 0.3 is 0 Å². The Bertz CT molecular complexity index is 546. The minimum atomic E-state index is 0.0937. The third-order valence-electron chi connectivity index (χ3n) is 5.50. The van der Waals surface area contributed by atoms with Gasteiger partial charge in [-0.2, -0.15) is 0 Å². The zero-order valence-corrected chi connectivity index (χ0v) is 13.3. The van der Waals surface area contributed by atoms with Gasteiger partial charge in [-0.25, -0.2) is 0 Å².